The SMILES string of the molecule is CCCCCOc1cc2c3cc(OCCCCC)c(OCCCCC)cc3c3cc(OCCCCCCCCCCCP(=O)(O)O)c(OCCCCC)cc3c2cc1OCCCCC. The van der Waals surface area contributed by atoms with Gasteiger partial charge in [-0.25, -0.2) is 0 Å². The normalized spacial score (nSPS) is 11.8. The molecule has 0 spiro atoms. The molecule has 4 aromatic carbocycles. The van der Waals surface area contributed by atoms with Gasteiger partial charge in [0.2, 0.25) is 0 Å². The van der Waals surface area contributed by atoms with Crippen LogP contribution in [0.4, 0.5) is 0 Å². The fourth-order valence-electron chi connectivity index (χ4n) is 8.20. The Labute approximate surface area is 386 Å². The van der Waals surface area contributed by atoms with Crippen LogP contribution in [0.5, 0.6) is 34.5 Å². The van der Waals surface area contributed by atoms with Gasteiger partial charge in [0.05, 0.1) is 39.6 Å². The predicted octanol–water partition coefficient (Wildman–Crippen LogP) is 16.1. The number of fused-ring (bicyclic) bond motifs is 6. The first-order valence-electron chi connectivity index (χ1n) is 25.6. The number of hydrogen-bond acceptors (Lipinski definition) is 7. The van der Waals surface area contributed by atoms with Crippen molar-refractivity contribution in [1.82, 2.24) is 0 Å². The third-order valence-corrected chi connectivity index (χ3v) is 12.9. The number of benzene rings is 4. The maximum atomic E-state index is 11.1. The first kappa shape index (κ1) is 53.2. The van der Waals surface area contributed by atoms with Crippen LogP contribution < -0.4 is 28.4 Å². The molecule has 0 radical (unpaired) electrons. The van der Waals surface area contributed by atoms with Crippen molar-refractivity contribution >= 4 is 39.9 Å². The van der Waals surface area contributed by atoms with Gasteiger partial charge in [0.1, 0.15) is 0 Å². The van der Waals surface area contributed by atoms with E-state index < -0.39 is 7.60 Å². The van der Waals surface area contributed by atoms with Gasteiger partial charge in [0.25, 0.3) is 0 Å². The second-order valence-corrected chi connectivity index (χ2v) is 19.5. The van der Waals surface area contributed by atoms with Gasteiger partial charge in [-0.3, -0.25) is 4.57 Å². The maximum Gasteiger partial charge on any atom is 0.325 e. The highest BCUT2D eigenvalue weighted by Crippen LogP contribution is 2.47. The molecule has 0 fully saturated rings. The number of hydrogen-bond donors (Lipinski definition) is 2. The summed E-state index contributed by atoms with van der Waals surface area (Å²) in [4.78, 5) is 18.2. The Morgan fingerprint density at radius 3 is 0.703 bits per heavy atom. The van der Waals surface area contributed by atoms with Crippen molar-refractivity contribution in [3.05, 3.63) is 36.4 Å². The van der Waals surface area contributed by atoms with Crippen LogP contribution in [0.2, 0.25) is 0 Å². The van der Waals surface area contributed by atoms with Gasteiger partial charge in [-0.2, -0.15) is 0 Å². The molecule has 0 saturated heterocycles. The van der Waals surface area contributed by atoms with E-state index in [4.69, 9.17) is 38.2 Å². The lowest BCUT2D eigenvalue weighted by Crippen LogP contribution is -2.05. The van der Waals surface area contributed by atoms with Crippen LogP contribution in [0.15, 0.2) is 36.4 Å². The summed E-state index contributed by atoms with van der Waals surface area (Å²) in [7, 11) is -3.88. The highest BCUT2D eigenvalue weighted by molar-refractivity contribution is 7.51. The van der Waals surface area contributed by atoms with Gasteiger partial charge >= 0.3 is 7.60 Å². The van der Waals surface area contributed by atoms with Gasteiger partial charge in [-0.15, -0.1) is 0 Å². The monoisotopic (exact) mass is 909 g/mol. The summed E-state index contributed by atoms with van der Waals surface area (Å²) in [6, 6.07) is 13.2. The van der Waals surface area contributed by atoms with E-state index in [0.717, 1.165) is 214 Å². The molecule has 64 heavy (non-hydrogen) atoms. The molecule has 0 heterocycles. The number of ether oxygens (including phenoxy) is 6. The molecule has 0 bridgehead atoms. The lowest BCUT2D eigenvalue weighted by atomic mass is 9.93. The Hall–Kier alpha value is -3.39. The van der Waals surface area contributed by atoms with E-state index >= 15 is 0 Å². The summed E-state index contributed by atoms with van der Waals surface area (Å²) in [5.41, 5.74) is 0. The zero-order valence-corrected chi connectivity index (χ0v) is 41.5. The number of rotatable bonds is 38. The van der Waals surface area contributed by atoms with Crippen molar-refractivity contribution in [2.45, 2.75) is 189 Å². The summed E-state index contributed by atoms with van der Waals surface area (Å²) >= 11 is 0. The summed E-state index contributed by atoms with van der Waals surface area (Å²) < 4.78 is 50.7. The van der Waals surface area contributed by atoms with Crippen molar-refractivity contribution in [3.63, 3.8) is 0 Å². The maximum absolute atomic E-state index is 11.1. The predicted molar refractivity (Wildman–Crippen MR) is 268 cm³/mol. The van der Waals surface area contributed by atoms with Gasteiger partial charge in [-0.1, -0.05) is 144 Å². The Balaban J connectivity index is 1.77. The molecule has 4 aromatic rings. The molecule has 9 nitrogen and oxygen atoms in total. The van der Waals surface area contributed by atoms with Crippen LogP contribution >= 0.6 is 7.60 Å². The van der Waals surface area contributed by atoms with E-state index in [1.54, 1.807) is 0 Å². The van der Waals surface area contributed by atoms with Crippen molar-refractivity contribution in [2.75, 3.05) is 45.8 Å². The molecule has 360 valence electrons. The summed E-state index contributed by atoms with van der Waals surface area (Å²) in [5, 5.41) is 6.46. The van der Waals surface area contributed by atoms with E-state index in [1.807, 2.05) is 0 Å². The second-order valence-electron chi connectivity index (χ2n) is 17.7. The Bertz CT molecular complexity index is 1910. The average Bonchev–Trinajstić information content (AvgIpc) is 3.28. The van der Waals surface area contributed by atoms with E-state index in [2.05, 4.69) is 71.0 Å². The Morgan fingerprint density at radius 1 is 0.312 bits per heavy atom. The summed E-state index contributed by atoms with van der Waals surface area (Å²) in [6.07, 6.45) is 25.2. The molecular weight excluding hydrogens is 824 g/mol. The smallest absolute Gasteiger partial charge is 0.325 e. The van der Waals surface area contributed by atoms with Crippen molar-refractivity contribution in [2.24, 2.45) is 0 Å². The van der Waals surface area contributed by atoms with Crippen LogP contribution in [0.25, 0.3) is 32.3 Å². The van der Waals surface area contributed by atoms with Crippen LogP contribution in [0.1, 0.15) is 189 Å². The van der Waals surface area contributed by atoms with Gasteiger partial charge in [-0.05, 0) is 114 Å². The zero-order chi connectivity index (χ0) is 45.8. The van der Waals surface area contributed by atoms with E-state index in [0.29, 0.717) is 46.1 Å². The fourth-order valence-corrected chi connectivity index (χ4v) is 8.84. The van der Waals surface area contributed by atoms with Crippen molar-refractivity contribution in [1.29, 1.82) is 0 Å². The molecule has 0 saturated carbocycles. The quantitative estimate of drug-likeness (QED) is 0.0258. The third-order valence-electron chi connectivity index (χ3n) is 12.0. The third kappa shape index (κ3) is 18.5. The fraction of sp³-hybridized carbons (Fsp3) is 0.667. The van der Waals surface area contributed by atoms with Crippen LogP contribution in [-0.2, 0) is 4.57 Å². The molecule has 10 heteroatoms. The van der Waals surface area contributed by atoms with E-state index in [1.165, 1.54) is 0 Å². The van der Waals surface area contributed by atoms with E-state index in [9.17, 15) is 4.57 Å². The topological polar surface area (TPSA) is 113 Å². The highest BCUT2D eigenvalue weighted by atomic mass is 31.2. The zero-order valence-electron chi connectivity index (χ0n) is 40.6. The number of unbranched alkanes of at least 4 members (excludes halogenated alkanes) is 18. The average molecular weight is 909 g/mol. The van der Waals surface area contributed by atoms with Crippen LogP contribution in [0, 0.1) is 0 Å². The highest BCUT2D eigenvalue weighted by Gasteiger charge is 2.21. The lowest BCUT2D eigenvalue weighted by molar-refractivity contribution is 0.259. The second kappa shape index (κ2) is 30.7. The molecule has 4 rings (SSSR count). The van der Waals surface area contributed by atoms with Crippen LogP contribution in [-0.4, -0.2) is 55.6 Å². The molecule has 0 aliphatic rings. The molecule has 0 aromatic heterocycles. The minimum atomic E-state index is -3.88. The molecule has 0 atom stereocenters. The molecule has 2 N–H and O–H groups in total. The molecule has 0 aliphatic heterocycles. The minimum Gasteiger partial charge on any atom is -0.490 e. The standard InChI is InChI=1S/C54H85O9P/c1-6-11-23-30-58-49-37-43-44-38-50(59-31-24-12-7-2)52(61-33-26-14-9-4)40-46(44)48-42-54(63-35-28-21-19-17-16-18-20-22-29-36-64(55,56)57)53(62-34-27-15-10-5)41-47(48)45(43)39-51(49)60-32-25-13-8-3/h37-42H,6-36H2,1-5H3,(H2,55,56,57). The molecule has 0 amide bonds. The Morgan fingerprint density at radius 2 is 0.500 bits per heavy atom. The first-order chi connectivity index (χ1) is 31.2. The minimum absolute atomic E-state index is 0.00319. The summed E-state index contributed by atoms with van der Waals surface area (Å²) in [6.45, 7) is 14.8. The van der Waals surface area contributed by atoms with Gasteiger partial charge in [0, 0.05) is 6.16 Å². The van der Waals surface area contributed by atoms with Crippen molar-refractivity contribution in [3.8, 4) is 34.5 Å². The first-order valence-corrected chi connectivity index (χ1v) is 27.4. The van der Waals surface area contributed by atoms with Gasteiger partial charge in [0.15, 0.2) is 34.5 Å². The summed E-state index contributed by atoms with van der Waals surface area (Å²) in [5.74, 6) is 4.63. The largest absolute Gasteiger partial charge is 0.490 e. The molecule has 0 aliphatic carbocycles. The van der Waals surface area contributed by atoms with Crippen LogP contribution in [0.3, 0.4) is 0 Å². The molecule has 0 unspecified atom stereocenters. The molecular formula is C54H85O9P. The Kier molecular flexibility index (Phi) is 25.6. The van der Waals surface area contributed by atoms with E-state index in [-0.39, 0.29) is 6.16 Å². The lowest BCUT2D eigenvalue weighted by Gasteiger charge is -2.21. The van der Waals surface area contributed by atoms with Crippen molar-refractivity contribution < 1.29 is 42.8 Å². The van der Waals surface area contributed by atoms with Gasteiger partial charge < -0.3 is 38.2 Å².